The normalized spacial score (nSPS) is 12.5. The minimum absolute atomic E-state index is 0.0690. The monoisotopic (exact) mass is 237 g/mol. The van der Waals surface area contributed by atoms with Gasteiger partial charge in [0.05, 0.1) is 6.10 Å². The summed E-state index contributed by atoms with van der Waals surface area (Å²) in [6.07, 6.45) is -0.558. The van der Waals surface area contributed by atoms with Gasteiger partial charge in [0.25, 0.3) is 5.91 Å². The fourth-order valence-corrected chi connectivity index (χ4v) is 1.43. The van der Waals surface area contributed by atoms with E-state index in [9.17, 15) is 15.0 Å². The van der Waals surface area contributed by atoms with E-state index >= 15 is 0 Å². The predicted octanol–water partition coefficient (Wildman–Crippen LogP) is 1.45. The number of amides is 1. The molecule has 1 rings (SSSR count). The molecule has 0 radical (unpaired) electrons. The summed E-state index contributed by atoms with van der Waals surface area (Å²) in [5, 5.41) is 21.6. The van der Waals surface area contributed by atoms with Crippen LogP contribution in [-0.4, -0.2) is 28.8 Å². The number of aliphatic hydroxyl groups excluding tert-OH is 1. The number of phenolic OH excluding ortho intramolecular Hbond substituents is 1. The Balaban J connectivity index is 2.64. The standard InChI is InChI=1S/C13H19NO3/c1-8(2)12(16)7-14-13(17)10-4-9(3)5-11(15)6-10/h4-6,8,12,15-16H,7H2,1-3H3,(H,14,17). The van der Waals surface area contributed by atoms with Gasteiger partial charge in [-0.05, 0) is 36.6 Å². The van der Waals surface area contributed by atoms with E-state index in [2.05, 4.69) is 5.32 Å². The van der Waals surface area contributed by atoms with Crippen LogP contribution in [0.1, 0.15) is 29.8 Å². The summed E-state index contributed by atoms with van der Waals surface area (Å²) in [4.78, 5) is 11.7. The second-order valence-electron chi connectivity index (χ2n) is 4.58. The van der Waals surface area contributed by atoms with Gasteiger partial charge in [-0.3, -0.25) is 4.79 Å². The van der Waals surface area contributed by atoms with Gasteiger partial charge in [0.15, 0.2) is 0 Å². The fraction of sp³-hybridized carbons (Fsp3) is 0.462. The van der Waals surface area contributed by atoms with Crippen molar-refractivity contribution in [3.8, 4) is 5.75 Å². The molecule has 0 heterocycles. The molecule has 1 unspecified atom stereocenters. The van der Waals surface area contributed by atoms with Crippen molar-refractivity contribution < 1.29 is 15.0 Å². The molecule has 0 aliphatic carbocycles. The van der Waals surface area contributed by atoms with Gasteiger partial charge in [0.1, 0.15) is 5.75 Å². The minimum Gasteiger partial charge on any atom is -0.508 e. The van der Waals surface area contributed by atoms with E-state index < -0.39 is 6.10 Å². The number of aryl methyl sites for hydroxylation is 1. The molecule has 1 amide bonds. The highest BCUT2D eigenvalue weighted by Crippen LogP contribution is 2.14. The molecule has 1 atom stereocenters. The summed E-state index contributed by atoms with van der Waals surface area (Å²) < 4.78 is 0. The number of hydrogen-bond acceptors (Lipinski definition) is 3. The number of carbonyl (C=O) groups is 1. The zero-order valence-corrected chi connectivity index (χ0v) is 10.4. The average Bonchev–Trinajstić information content (AvgIpc) is 2.23. The van der Waals surface area contributed by atoms with Crippen molar-refractivity contribution in [2.24, 2.45) is 5.92 Å². The van der Waals surface area contributed by atoms with Crippen LogP contribution >= 0.6 is 0 Å². The number of hydrogen-bond donors (Lipinski definition) is 3. The Morgan fingerprint density at radius 2 is 2.00 bits per heavy atom. The van der Waals surface area contributed by atoms with Crippen LogP contribution in [0.15, 0.2) is 18.2 Å². The van der Waals surface area contributed by atoms with E-state index in [1.807, 2.05) is 13.8 Å². The first-order chi connectivity index (χ1) is 7.90. The second-order valence-corrected chi connectivity index (χ2v) is 4.58. The lowest BCUT2D eigenvalue weighted by Crippen LogP contribution is -2.34. The topological polar surface area (TPSA) is 69.6 Å². The van der Waals surface area contributed by atoms with Crippen LogP contribution in [0, 0.1) is 12.8 Å². The molecule has 94 valence electrons. The average molecular weight is 237 g/mol. The lowest BCUT2D eigenvalue weighted by atomic mass is 10.1. The molecule has 0 bridgehead atoms. The Morgan fingerprint density at radius 1 is 1.35 bits per heavy atom. The summed E-state index contributed by atoms with van der Waals surface area (Å²) in [5.74, 6) is -0.121. The number of phenols is 1. The van der Waals surface area contributed by atoms with Crippen LogP contribution < -0.4 is 5.32 Å². The van der Waals surface area contributed by atoms with Crippen LogP contribution in [0.3, 0.4) is 0 Å². The molecule has 0 aliphatic heterocycles. The molecule has 0 fully saturated rings. The Bertz CT molecular complexity index is 381. The van der Waals surface area contributed by atoms with Crippen molar-refractivity contribution in [3.05, 3.63) is 29.3 Å². The van der Waals surface area contributed by atoms with Crippen molar-refractivity contribution in [1.29, 1.82) is 0 Å². The molecule has 0 saturated carbocycles. The molecule has 0 aliphatic rings. The molecule has 0 aromatic heterocycles. The van der Waals surface area contributed by atoms with E-state index in [-0.39, 0.29) is 24.1 Å². The SMILES string of the molecule is Cc1cc(O)cc(C(=O)NCC(O)C(C)C)c1. The fourth-order valence-electron chi connectivity index (χ4n) is 1.43. The number of rotatable bonds is 4. The van der Waals surface area contributed by atoms with Gasteiger partial charge in [-0.15, -0.1) is 0 Å². The summed E-state index contributed by atoms with van der Waals surface area (Å²) in [5.41, 5.74) is 1.22. The molecule has 1 aromatic carbocycles. The number of benzene rings is 1. The van der Waals surface area contributed by atoms with Gasteiger partial charge in [-0.2, -0.15) is 0 Å². The molecule has 1 aromatic rings. The van der Waals surface area contributed by atoms with E-state index in [1.165, 1.54) is 6.07 Å². The Kier molecular flexibility index (Phi) is 4.52. The highest BCUT2D eigenvalue weighted by atomic mass is 16.3. The molecular weight excluding hydrogens is 218 g/mol. The Hall–Kier alpha value is -1.55. The number of nitrogens with one attached hydrogen (secondary N) is 1. The largest absolute Gasteiger partial charge is 0.508 e. The maximum atomic E-state index is 11.7. The van der Waals surface area contributed by atoms with E-state index in [4.69, 9.17) is 0 Å². The smallest absolute Gasteiger partial charge is 0.251 e. The highest BCUT2D eigenvalue weighted by molar-refractivity contribution is 5.94. The number of aromatic hydroxyl groups is 1. The zero-order chi connectivity index (χ0) is 13.0. The predicted molar refractivity (Wildman–Crippen MR) is 66.0 cm³/mol. The Labute approximate surface area is 101 Å². The number of carbonyl (C=O) groups excluding carboxylic acids is 1. The quantitative estimate of drug-likeness (QED) is 0.742. The summed E-state index contributed by atoms with van der Waals surface area (Å²) >= 11 is 0. The summed E-state index contributed by atoms with van der Waals surface area (Å²) in [6, 6.07) is 4.68. The van der Waals surface area contributed by atoms with Crippen molar-refractivity contribution in [1.82, 2.24) is 5.32 Å². The van der Waals surface area contributed by atoms with Crippen LogP contribution in [0.5, 0.6) is 5.75 Å². The highest BCUT2D eigenvalue weighted by Gasteiger charge is 2.12. The molecule has 0 spiro atoms. The lowest BCUT2D eigenvalue weighted by Gasteiger charge is -2.15. The van der Waals surface area contributed by atoms with E-state index in [0.717, 1.165) is 5.56 Å². The van der Waals surface area contributed by atoms with Crippen LogP contribution in [-0.2, 0) is 0 Å². The lowest BCUT2D eigenvalue weighted by molar-refractivity contribution is 0.0871. The van der Waals surface area contributed by atoms with Crippen LogP contribution in [0.4, 0.5) is 0 Å². The van der Waals surface area contributed by atoms with Gasteiger partial charge >= 0.3 is 0 Å². The molecule has 3 N–H and O–H groups in total. The minimum atomic E-state index is -0.558. The number of aliphatic hydroxyl groups is 1. The van der Waals surface area contributed by atoms with Gasteiger partial charge < -0.3 is 15.5 Å². The van der Waals surface area contributed by atoms with Crippen LogP contribution in [0.25, 0.3) is 0 Å². The van der Waals surface area contributed by atoms with Gasteiger partial charge in [-0.25, -0.2) is 0 Å². The third-order valence-electron chi connectivity index (χ3n) is 2.57. The van der Waals surface area contributed by atoms with Crippen molar-refractivity contribution >= 4 is 5.91 Å². The van der Waals surface area contributed by atoms with Crippen molar-refractivity contribution in [3.63, 3.8) is 0 Å². The molecule has 17 heavy (non-hydrogen) atoms. The van der Waals surface area contributed by atoms with Crippen molar-refractivity contribution in [2.75, 3.05) is 6.54 Å². The Morgan fingerprint density at radius 3 is 2.53 bits per heavy atom. The van der Waals surface area contributed by atoms with Crippen molar-refractivity contribution in [2.45, 2.75) is 26.9 Å². The van der Waals surface area contributed by atoms with Gasteiger partial charge in [0.2, 0.25) is 0 Å². The molecule has 4 heteroatoms. The third-order valence-corrected chi connectivity index (χ3v) is 2.57. The molecule has 0 saturated heterocycles. The molecular formula is C13H19NO3. The maximum Gasteiger partial charge on any atom is 0.251 e. The first-order valence-electron chi connectivity index (χ1n) is 5.67. The van der Waals surface area contributed by atoms with Crippen LogP contribution in [0.2, 0.25) is 0 Å². The van der Waals surface area contributed by atoms with E-state index in [1.54, 1.807) is 19.1 Å². The first-order valence-corrected chi connectivity index (χ1v) is 5.67. The second kappa shape index (κ2) is 5.68. The van der Waals surface area contributed by atoms with E-state index in [0.29, 0.717) is 5.56 Å². The first kappa shape index (κ1) is 13.5. The van der Waals surface area contributed by atoms with Gasteiger partial charge in [0, 0.05) is 12.1 Å². The maximum absolute atomic E-state index is 11.7. The van der Waals surface area contributed by atoms with Gasteiger partial charge in [-0.1, -0.05) is 13.8 Å². The molecule has 4 nitrogen and oxygen atoms in total. The third kappa shape index (κ3) is 4.07. The summed E-state index contributed by atoms with van der Waals surface area (Å²) in [6.45, 7) is 5.79. The zero-order valence-electron chi connectivity index (χ0n) is 10.4. The summed E-state index contributed by atoms with van der Waals surface area (Å²) in [7, 11) is 0.